The van der Waals surface area contributed by atoms with Crippen molar-refractivity contribution in [2.75, 3.05) is 12.4 Å². The van der Waals surface area contributed by atoms with Crippen LogP contribution in [0, 0.1) is 5.92 Å². The standard InChI is InChI=1S/C11H21NO2S/c1-4-5-6-14-11(13)9-7-15-10(12-9)8(2)3/h8-10,12H,4-7H2,1-3H3/t9-,10-/m1/s1. The topological polar surface area (TPSA) is 38.3 Å². The third kappa shape index (κ3) is 4.03. The lowest BCUT2D eigenvalue weighted by atomic mass is 10.2. The quantitative estimate of drug-likeness (QED) is 0.580. The van der Waals surface area contributed by atoms with Crippen LogP contribution in [0.15, 0.2) is 0 Å². The number of rotatable bonds is 5. The van der Waals surface area contributed by atoms with E-state index in [-0.39, 0.29) is 12.0 Å². The summed E-state index contributed by atoms with van der Waals surface area (Å²) in [7, 11) is 0. The minimum absolute atomic E-state index is 0.0842. The number of hydrogen-bond acceptors (Lipinski definition) is 4. The van der Waals surface area contributed by atoms with Crippen molar-refractivity contribution in [3.8, 4) is 0 Å². The van der Waals surface area contributed by atoms with Gasteiger partial charge in [0, 0.05) is 5.75 Å². The van der Waals surface area contributed by atoms with Gasteiger partial charge in [0.25, 0.3) is 0 Å². The lowest BCUT2D eigenvalue weighted by Crippen LogP contribution is -2.39. The van der Waals surface area contributed by atoms with Crippen molar-refractivity contribution in [1.29, 1.82) is 0 Å². The van der Waals surface area contributed by atoms with Crippen molar-refractivity contribution in [3.63, 3.8) is 0 Å². The van der Waals surface area contributed by atoms with Crippen LogP contribution < -0.4 is 5.32 Å². The van der Waals surface area contributed by atoms with Gasteiger partial charge in [-0.1, -0.05) is 27.2 Å². The maximum Gasteiger partial charge on any atom is 0.324 e. The maximum atomic E-state index is 11.6. The number of hydrogen-bond donors (Lipinski definition) is 1. The van der Waals surface area contributed by atoms with Crippen LogP contribution in [0.4, 0.5) is 0 Å². The highest BCUT2D eigenvalue weighted by Gasteiger charge is 2.31. The molecule has 4 heteroatoms. The molecular formula is C11H21NO2S. The molecule has 2 atom stereocenters. The van der Waals surface area contributed by atoms with E-state index in [1.165, 1.54) is 0 Å². The van der Waals surface area contributed by atoms with Gasteiger partial charge < -0.3 is 4.74 Å². The van der Waals surface area contributed by atoms with Crippen LogP contribution in [0.5, 0.6) is 0 Å². The zero-order valence-electron chi connectivity index (χ0n) is 9.79. The van der Waals surface area contributed by atoms with Crippen LogP contribution in [0.1, 0.15) is 33.6 Å². The Morgan fingerprint density at radius 1 is 1.60 bits per heavy atom. The van der Waals surface area contributed by atoms with Crippen molar-refractivity contribution in [2.24, 2.45) is 5.92 Å². The van der Waals surface area contributed by atoms with E-state index in [2.05, 4.69) is 26.1 Å². The fourth-order valence-electron chi connectivity index (χ4n) is 1.43. The molecule has 1 N–H and O–H groups in total. The average Bonchev–Trinajstić information content (AvgIpc) is 2.66. The Morgan fingerprint density at radius 2 is 2.33 bits per heavy atom. The highest BCUT2D eigenvalue weighted by molar-refractivity contribution is 8.00. The largest absolute Gasteiger partial charge is 0.465 e. The summed E-state index contributed by atoms with van der Waals surface area (Å²) in [5.41, 5.74) is 0. The fourth-order valence-corrected chi connectivity index (χ4v) is 2.71. The van der Waals surface area contributed by atoms with E-state index in [9.17, 15) is 4.79 Å². The molecular weight excluding hydrogens is 210 g/mol. The highest BCUT2D eigenvalue weighted by atomic mass is 32.2. The molecule has 0 bridgehead atoms. The van der Waals surface area contributed by atoms with Gasteiger partial charge in [-0.15, -0.1) is 11.8 Å². The predicted octanol–water partition coefficient (Wildman–Crippen LogP) is 2.02. The summed E-state index contributed by atoms with van der Waals surface area (Å²) in [5.74, 6) is 1.32. The van der Waals surface area contributed by atoms with Crippen molar-refractivity contribution >= 4 is 17.7 Å². The second-order valence-corrected chi connectivity index (χ2v) is 5.41. The third-order valence-corrected chi connectivity index (χ3v) is 4.01. The SMILES string of the molecule is CCCCOC(=O)[C@H]1CS[C@H](C(C)C)N1. The zero-order valence-corrected chi connectivity index (χ0v) is 10.6. The van der Waals surface area contributed by atoms with Crippen LogP contribution in [0.3, 0.4) is 0 Å². The van der Waals surface area contributed by atoms with Gasteiger partial charge in [0.2, 0.25) is 0 Å². The number of esters is 1. The summed E-state index contributed by atoms with van der Waals surface area (Å²) in [6.45, 7) is 6.97. The molecule has 0 aromatic carbocycles. The smallest absolute Gasteiger partial charge is 0.324 e. The van der Waals surface area contributed by atoms with Gasteiger partial charge >= 0.3 is 5.97 Å². The molecule has 88 valence electrons. The molecule has 0 radical (unpaired) electrons. The number of nitrogens with one attached hydrogen (secondary N) is 1. The molecule has 0 unspecified atom stereocenters. The van der Waals surface area contributed by atoms with Crippen molar-refractivity contribution in [1.82, 2.24) is 5.32 Å². The second-order valence-electron chi connectivity index (χ2n) is 4.24. The van der Waals surface area contributed by atoms with Crippen molar-refractivity contribution < 1.29 is 9.53 Å². The van der Waals surface area contributed by atoms with Crippen LogP contribution in [-0.4, -0.2) is 29.7 Å². The Hall–Kier alpha value is -0.220. The molecule has 0 aromatic heterocycles. The maximum absolute atomic E-state index is 11.6. The van der Waals surface area contributed by atoms with E-state index in [1.807, 2.05) is 11.8 Å². The fraction of sp³-hybridized carbons (Fsp3) is 0.909. The van der Waals surface area contributed by atoms with Crippen molar-refractivity contribution in [2.45, 2.75) is 45.0 Å². The van der Waals surface area contributed by atoms with E-state index in [0.29, 0.717) is 17.9 Å². The number of ether oxygens (including phenoxy) is 1. The van der Waals surface area contributed by atoms with Gasteiger partial charge in [-0.25, -0.2) is 0 Å². The molecule has 0 spiro atoms. The Balaban J connectivity index is 2.24. The first-order valence-corrected chi connectivity index (χ1v) is 6.74. The molecule has 0 saturated carbocycles. The first-order chi connectivity index (χ1) is 7.15. The molecule has 0 amide bonds. The molecule has 1 fully saturated rings. The second kappa shape index (κ2) is 6.38. The molecule has 15 heavy (non-hydrogen) atoms. The van der Waals surface area contributed by atoms with E-state index >= 15 is 0 Å². The van der Waals surface area contributed by atoms with Crippen LogP contribution in [0.2, 0.25) is 0 Å². The first kappa shape index (κ1) is 12.8. The van der Waals surface area contributed by atoms with Crippen LogP contribution in [-0.2, 0) is 9.53 Å². The van der Waals surface area contributed by atoms with Crippen LogP contribution in [0.25, 0.3) is 0 Å². The average molecular weight is 231 g/mol. The summed E-state index contributed by atoms with van der Waals surface area (Å²) in [5, 5.41) is 3.70. The monoisotopic (exact) mass is 231 g/mol. The number of carbonyl (C=O) groups excluding carboxylic acids is 1. The zero-order chi connectivity index (χ0) is 11.3. The first-order valence-electron chi connectivity index (χ1n) is 5.69. The highest BCUT2D eigenvalue weighted by Crippen LogP contribution is 2.25. The minimum atomic E-state index is -0.0979. The van der Waals surface area contributed by atoms with E-state index in [1.54, 1.807) is 0 Å². The lowest BCUT2D eigenvalue weighted by Gasteiger charge is -2.15. The van der Waals surface area contributed by atoms with Crippen LogP contribution >= 0.6 is 11.8 Å². The van der Waals surface area contributed by atoms with Gasteiger partial charge in [0.15, 0.2) is 0 Å². The van der Waals surface area contributed by atoms with E-state index < -0.39 is 0 Å². The number of thioether (sulfide) groups is 1. The normalized spacial score (nSPS) is 25.9. The minimum Gasteiger partial charge on any atom is -0.465 e. The van der Waals surface area contributed by atoms with E-state index in [4.69, 9.17) is 4.74 Å². The summed E-state index contributed by atoms with van der Waals surface area (Å²) < 4.78 is 5.18. The number of carbonyl (C=O) groups is 1. The Labute approximate surface area is 96.3 Å². The van der Waals surface area contributed by atoms with Gasteiger partial charge in [-0.2, -0.15) is 0 Å². The van der Waals surface area contributed by atoms with Gasteiger partial charge in [-0.3, -0.25) is 10.1 Å². The molecule has 1 aliphatic rings. The summed E-state index contributed by atoms with van der Waals surface area (Å²) in [6, 6.07) is -0.0979. The Bertz CT molecular complexity index is 209. The molecule has 1 saturated heterocycles. The molecule has 3 nitrogen and oxygen atoms in total. The summed E-state index contributed by atoms with van der Waals surface area (Å²) >= 11 is 1.81. The lowest BCUT2D eigenvalue weighted by molar-refractivity contribution is -0.145. The van der Waals surface area contributed by atoms with Gasteiger partial charge in [0.1, 0.15) is 6.04 Å². The third-order valence-electron chi connectivity index (χ3n) is 2.44. The molecule has 0 aromatic rings. The Morgan fingerprint density at radius 3 is 2.87 bits per heavy atom. The van der Waals surface area contributed by atoms with Gasteiger partial charge in [-0.05, 0) is 12.3 Å². The number of unbranched alkanes of at least 4 members (excludes halogenated alkanes) is 1. The van der Waals surface area contributed by atoms with E-state index in [0.717, 1.165) is 18.6 Å². The van der Waals surface area contributed by atoms with Crippen molar-refractivity contribution in [3.05, 3.63) is 0 Å². The molecule has 1 heterocycles. The summed E-state index contributed by atoms with van der Waals surface area (Å²) in [6.07, 6.45) is 2.02. The van der Waals surface area contributed by atoms with Gasteiger partial charge in [0.05, 0.1) is 12.0 Å². The predicted molar refractivity (Wildman–Crippen MR) is 63.9 cm³/mol. The summed E-state index contributed by atoms with van der Waals surface area (Å²) in [4.78, 5) is 11.6. The molecule has 0 aliphatic carbocycles. The Kier molecular flexibility index (Phi) is 5.47. The molecule has 1 aliphatic heterocycles. The molecule has 1 rings (SSSR count).